The van der Waals surface area contributed by atoms with Crippen LogP contribution in [0.2, 0.25) is 0 Å². The maximum atomic E-state index is 14.4. The van der Waals surface area contributed by atoms with E-state index in [9.17, 15) is 4.39 Å². The highest BCUT2D eigenvalue weighted by Gasteiger charge is 2.52. The van der Waals surface area contributed by atoms with Gasteiger partial charge in [0.1, 0.15) is 12.6 Å². The molecule has 4 nitrogen and oxygen atoms in total. The summed E-state index contributed by atoms with van der Waals surface area (Å²) in [6.45, 7) is 8.49. The third-order valence-corrected chi connectivity index (χ3v) is 4.35. The predicted octanol–water partition coefficient (Wildman–Crippen LogP) is 2.29. The van der Waals surface area contributed by atoms with E-state index in [1.807, 2.05) is 33.8 Å². The molecule has 0 aliphatic carbocycles. The quantitative estimate of drug-likeness (QED) is 0.459. The van der Waals surface area contributed by atoms with Crippen LogP contribution in [0.15, 0.2) is 18.2 Å². The van der Waals surface area contributed by atoms with Crippen LogP contribution < -0.4 is 5.46 Å². The number of methoxy groups -OCH3 is 1. The van der Waals surface area contributed by atoms with Gasteiger partial charge in [0.25, 0.3) is 0 Å². The monoisotopic (exact) mass is 310 g/mol. The average molecular weight is 310 g/mol. The molecule has 1 aliphatic heterocycles. The Bertz CT molecular complexity index is 503. The highest BCUT2D eigenvalue weighted by Crippen LogP contribution is 2.36. The Hall–Kier alpha value is -0.945. The van der Waals surface area contributed by atoms with Gasteiger partial charge < -0.3 is 18.8 Å². The minimum Gasteiger partial charge on any atom is -0.399 e. The highest BCUT2D eigenvalue weighted by atomic mass is 19.1. The first-order chi connectivity index (χ1) is 10.3. The van der Waals surface area contributed by atoms with Crippen molar-refractivity contribution in [1.29, 1.82) is 0 Å². The van der Waals surface area contributed by atoms with Crippen LogP contribution in [0.5, 0.6) is 0 Å². The van der Waals surface area contributed by atoms with Gasteiger partial charge in [-0.15, -0.1) is 0 Å². The maximum Gasteiger partial charge on any atom is 0.498 e. The van der Waals surface area contributed by atoms with E-state index >= 15 is 0 Å². The molecule has 1 saturated heterocycles. The molecule has 0 spiro atoms. The fraction of sp³-hybridized carbons (Fsp3) is 0.625. The van der Waals surface area contributed by atoms with E-state index in [1.165, 1.54) is 6.07 Å². The zero-order chi connectivity index (χ0) is 16.4. The van der Waals surface area contributed by atoms with E-state index < -0.39 is 18.3 Å². The molecule has 0 radical (unpaired) electrons. The van der Waals surface area contributed by atoms with E-state index in [2.05, 4.69) is 0 Å². The van der Waals surface area contributed by atoms with Gasteiger partial charge in [0.15, 0.2) is 0 Å². The molecule has 122 valence electrons. The molecule has 1 fully saturated rings. The summed E-state index contributed by atoms with van der Waals surface area (Å²) in [5.41, 5.74) is 0.296. The van der Waals surface area contributed by atoms with Crippen LogP contribution >= 0.6 is 0 Å². The number of hydrogen-bond acceptors (Lipinski definition) is 4. The van der Waals surface area contributed by atoms with Gasteiger partial charge in [-0.2, -0.15) is 0 Å². The first-order valence-corrected chi connectivity index (χ1v) is 7.48. The first-order valence-electron chi connectivity index (χ1n) is 7.48. The normalized spacial score (nSPS) is 19.6. The number of benzene rings is 1. The van der Waals surface area contributed by atoms with Crippen molar-refractivity contribution in [2.75, 3.05) is 20.5 Å². The van der Waals surface area contributed by atoms with Crippen molar-refractivity contribution >= 4 is 12.6 Å². The summed E-state index contributed by atoms with van der Waals surface area (Å²) < 4.78 is 36.4. The van der Waals surface area contributed by atoms with Crippen molar-refractivity contribution in [1.82, 2.24) is 0 Å². The van der Waals surface area contributed by atoms with Crippen molar-refractivity contribution in [2.24, 2.45) is 0 Å². The zero-order valence-electron chi connectivity index (χ0n) is 13.9. The summed E-state index contributed by atoms with van der Waals surface area (Å²) in [5.74, 6) is -0.317. The molecule has 0 bridgehead atoms. The number of hydrogen-bond donors (Lipinski definition) is 0. The Kier molecular flexibility index (Phi) is 5.27. The van der Waals surface area contributed by atoms with Crippen molar-refractivity contribution in [3.63, 3.8) is 0 Å². The van der Waals surface area contributed by atoms with Gasteiger partial charge in [-0.1, -0.05) is 12.1 Å². The van der Waals surface area contributed by atoms with Crippen molar-refractivity contribution in [3.05, 3.63) is 29.6 Å². The lowest BCUT2D eigenvalue weighted by molar-refractivity contribution is -0.0291. The molecule has 2 rings (SSSR count). The lowest BCUT2D eigenvalue weighted by Gasteiger charge is -2.32. The van der Waals surface area contributed by atoms with Gasteiger partial charge in [0.05, 0.1) is 17.8 Å². The Morgan fingerprint density at radius 1 is 1.14 bits per heavy atom. The second-order valence-electron chi connectivity index (χ2n) is 6.47. The van der Waals surface area contributed by atoms with Gasteiger partial charge >= 0.3 is 7.12 Å². The van der Waals surface area contributed by atoms with E-state index in [4.69, 9.17) is 18.8 Å². The third-order valence-electron chi connectivity index (χ3n) is 4.35. The van der Waals surface area contributed by atoms with Crippen LogP contribution in [0.4, 0.5) is 4.39 Å². The molecule has 0 saturated carbocycles. The highest BCUT2D eigenvalue weighted by molar-refractivity contribution is 6.62. The van der Waals surface area contributed by atoms with E-state index in [1.54, 1.807) is 13.2 Å². The second-order valence-corrected chi connectivity index (χ2v) is 6.47. The summed E-state index contributed by atoms with van der Waals surface area (Å²) in [4.78, 5) is 0. The van der Waals surface area contributed by atoms with Gasteiger partial charge in [0, 0.05) is 12.6 Å². The molecule has 1 aromatic carbocycles. The van der Waals surface area contributed by atoms with Gasteiger partial charge in [-0.3, -0.25) is 0 Å². The van der Waals surface area contributed by atoms with Crippen molar-refractivity contribution in [2.45, 2.75) is 45.3 Å². The molecule has 0 amide bonds. The first kappa shape index (κ1) is 17.4. The second kappa shape index (κ2) is 6.66. The van der Waals surface area contributed by atoms with Gasteiger partial charge in [-0.25, -0.2) is 4.39 Å². The summed E-state index contributed by atoms with van der Waals surface area (Å²) in [5, 5.41) is 0. The predicted molar refractivity (Wildman–Crippen MR) is 83.6 cm³/mol. The van der Waals surface area contributed by atoms with Crippen molar-refractivity contribution in [3.8, 4) is 0 Å². The minimum absolute atomic E-state index is 0.223. The zero-order valence-corrected chi connectivity index (χ0v) is 13.9. The Morgan fingerprint density at radius 2 is 1.77 bits per heavy atom. The average Bonchev–Trinajstić information content (AvgIpc) is 2.63. The van der Waals surface area contributed by atoms with Crippen LogP contribution in [0, 0.1) is 5.82 Å². The molecule has 6 heteroatoms. The van der Waals surface area contributed by atoms with Gasteiger partial charge in [0.2, 0.25) is 0 Å². The molecule has 1 aromatic rings. The smallest absolute Gasteiger partial charge is 0.399 e. The fourth-order valence-corrected chi connectivity index (χ4v) is 2.35. The largest absolute Gasteiger partial charge is 0.498 e. The third kappa shape index (κ3) is 3.51. The number of ether oxygens (including phenoxy) is 2. The summed E-state index contributed by atoms with van der Waals surface area (Å²) >= 11 is 0. The fourth-order valence-electron chi connectivity index (χ4n) is 2.35. The Morgan fingerprint density at radius 3 is 2.36 bits per heavy atom. The molecule has 0 atom stereocenters. The molecule has 0 N–H and O–H groups in total. The van der Waals surface area contributed by atoms with Crippen LogP contribution in [-0.2, 0) is 25.2 Å². The van der Waals surface area contributed by atoms with Crippen LogP contribution in [0.25, 0.3) is 0 Å². The molecular formula is C16H24BFO4. The van der Waals surface area contributed by atoms with Crippen LogP contribution in [0.3, 0.4) is 0 Å². The SMILES string of the molecule is COCOCCc1cccc(F)c1B1OC(C)(C)C(C)(C)O1. The summed E-state index contributed by atoms with van der Waals surface area (Å²) in [7, 11) is 0.862. The van der Waals surface area contributed by atoms with E-state index in [-0.39, 0.29) is 12.6 Å². The van der Waals surface area contributed by atoms with E-state index in [0.717, 1.165) is 5.56 Å². The van der Waals surface area contributed by atoms with Crippen LogP contribution in [-0.4, -0.2) is 38.8 Å². The lowest BCUT2D eigenvalue weighted by atomic mass is 9.75. The Balaban J connectivity index is 2.20. The summed E-state index contributed by atoms with van der Waals surface area (Å²) in [6, 6.07) is 5.00. The molecule has 0 unspecified atom stereocenters. The summed E-state index contributed by atoms with van der Waals surface area (Å²) in [6.07, 6.45) is 0.570. The van der Waals surface area contributed by atoms with Gasteiger partial charge in [-0.05, 0) is 45.7 Å². The number of rotatable bonds is 6. The molecule has 1 aliphatic rings. The van der Waals surface area contributed by atoms with E-state index in [0.29, 0.717) is 18.5 Å². The Labute approximate surface area is 132 Å². The standard InChI is InChI=1S/C16H24BFO4/c1-15(2)16(3,4)22-17(21-15)14-12(7-6-8-13(14)18)9-10-20-11-19-5/h6-8H,9-11H2,1-5H3. The molecule has 22 heavy (non-hydrogen) atoms. The molecule has 1 heterocycles. The maximum absolute atomic E-state index is 14.4. The lowest BCUT2D eigenvalue weighted by Crippen LogP contribution is -2.41. The molecule has 0 aromatic heterocycles. The molecular weight excluding hydrogens is 286 g/mol. The number of halogens is 1. The van der Waals surface area contributed by atoms with Crippen LogP contribution in [0.1, 0.15) is 33.3 Å². The van der Waals surface area contributed by atoms with Crippen molar-refractivity contribution < 1.29 is 23.2 Å². The topological polar surface area (TPSA) is 36.9 Å². The minimum atomic E-state index is -0.705.